The first-order valence-electron chi connectivity index (χ1n) is 8.72. The lowest BCUT2D eigenvalue weighted by Crippen LogP contribution is -2.04. The van der Waals surface area contributed by atoms with Gasteiger partial charge in [0.1, 0.15) is 23.2 Å². The zero-order valence-corrected chi connectivity index (χ0v) is 15.3. The van der Waals surface area contributed by atoms with Gasteiger partial charge in [0, 0.05) is 5.69 Å². The number of halogens is 2. The summed E-state index contributed by atoms with van der Waals surface area (Å²) < 4.78 is 30.8. The molecule has 2 aromatic heterocycles. The van der Waals surface area contributed by atoms with Gasteiger partial charge >= 0.3 is 6.61 Å². The predicted octanol–water partition coefficient (Wildman–Crippen LogP) is 4.95. The van der Waals surface area contributed by atoms with Gasteiger partial charge in [0.05, 0.1) is 22.7 Å². The van der Waals surface area contributed by atoms with Crippen LogP contribution in [0.5, 0.6) is 5.75 Å². The number of aryl methyl sites for hydroxylation is 1. The highest BCUT2D eigenvalue weighted by atomic mass is 19.3. The van der Waals surface area contributed by atoms with Crippen molar-refractivity contribution in [1.29, 1.82) is 5.26 Å². The van der Waals surface area contributed by atoms with E-state index in [2.05, 4.69) is 26.1 Å². The van der Waals surface area contributed by atoms with E-state index < -0.39 is 6.61 Å². The van der Waals surface area contributed by atoms with E-state index in [1.165, 1.54) is 12.1 Å². The van der Waals surface area contributed by atoms with E-state index in [1.54, 1.807) is 24.3 Å². The van der Waals surface area contributed by atoms with Crippen LogP contribution in [0.4, 0.5) is 20.3 Å². The third-order valence-corrected chi connectivity index (χ3v) is 4.25. The van der Waals surface area contributed by atoms with Gasteiger partial charge in [-0.05, 0) is 55.5 Å². The number of rotatable bonds is 5. The Hall–Kier alpha value is -3.99. The summed E-state index contributed by atoms with van der Waals surface area (Å²) in [4.78, 5) is 9.15. The molecule has 0 spiro atoms. The number of imidazole rings is 1. The number of hydrogen-bond donors (Lipinski definition) is 1. The van der Waals surface area contributed by atoms with Gasteiger partial charge in [-0.2, -0.15) is 14.0 Å². The number of nitrogens with zero attached hydrogens (tertiary/aromatic N) is 4. The second-order valence-electron chi connectivity index (χ2n) is 6.22. The minimum Gasteiger partial charge on any atom is -0.435 e. The molecule has 0 atom stereocenters. The van der Waals surface area contributed by atoms with Crippen LogP contribution in [0, 0.1) is 18.3 Å². The molecule has 0 aliphatic heterocycles. The number of para-hydroxylation sites is 2. The first kappa shape index (κ1) is 18.4. The monoisotopic (exact) mass is 391 g/mol. The van der Waals surface area contributed by atoms with Crippen molar-refractivity contribution < 1.29 is 13.5 Å². The minimum absolute atomic E-state index is 0.0606. The summed E-state index contributed by atoms with van der Waals surface area (Å²) in [7, 11) is 0. The summed E-state index contributed by atoms with van der Waals surface area (Å²) in [6.07, 6.45) is 0. The summed E-state index contributed by atoms with van der Waals surface area (Å²) in [6.45, 7) is -1.01. The number of benzene rings is 2. The van der Waals surface area contributed by atoms with Crippen LogP contribution in [-0.4, -0.2) is 21.1 Å². The van der Waals surface area contributed by atoms with Gasteiger partial charge in [-0.15, -0.1) is 0 Å². The number of nitrogens with one attached hydrogen (secondary N) is 1. The van der Waals surface area contributed by atoms with Crippen LogP contribution in [-0.2, 0) is 0 Å². The molecule has 2 aromatic carbocycles. The fourth-order valence-electron chi connectivity index (χ4n) is 3.06. The summed E-state index contributed by atoms with van der Waals surface area (Å²) in [5.74, 6) is 1.80. The Kier molecular flexibility index (Phi) is 4.79. The average molecular weight is 391 g/mol. The van der Waals surface area contributed by atoms with E-state index in [0.29, 0.717) is 22.9 Å². The summed E-state index contributed by atoms with van der Waals surface area (Å²) in [5.41, 5.74) is 2.75. The molecule has 6 nitrogen and oxygen atoms in total. The number of hydrogen-bond acceptors (Lipinski definition) is 5. The van der Waals surface area contributed by atoms with Gasteiger partial charge in [0.25, 0.3) is 0 Å². The minimum atomic E-state index is -2.88. The maximum Gasteiger partial charge on any atom is 0.387 e. The van der Waals surface area contributed by atoms with Gasteiger partial charge in [-0.3, -0.25) is 4.57 Å². The molecule has 0 aliphatic rings. The molecule has 0 bridgehead atoms. The van der Waals surface area contributed by atoms with Crippen molar-refractivity contribution in [3.63, 3.8) is 0 Å². The van der Waals surface area contributed by atoms with Crippen LogP contribution >= 0.6 is 0 Å². The topological polar surface area (TPSA) is 75.8 Å². The van der Waals surface area contributed by atoms with Crippen LogP contribution in [0.2, 0.25) is 0 Å². The van der Waals surface area contributed by atoms with Gasteiger partial charge in [0.15, 0.2) is 0 Å². The smallest absolute Gasteiger partial charge is 0.387 e. The second kappa shape index (κ2) is 7.56. The maximum atomic E-state index is 12.3. The molecule has 29 heavy (non-hydrogen) atoms. The lowest BCUT2D eigenvalue weighted by atomic mass is 10.2. The van der Waals surface area contributed by atoms with E-state index in [-0.39, 0.29) is 5.75 Å². The summed E-state index contributed by atoms with van der Waals surface area (Å²) >= 11 is 0. The van der Waals surface area contributed by atoms with E-state index in [1.807, 2.05) is 35.8 Å². The molecule has 4 rings (SSSR count). The predicted molar refractivity (Wildman–Crippen MR) is 105 cm³/mol. The Morgan fingerprint density at radius 3 is 2.55 bits per heavy atom. The lowest BCUT2D eigenvalue weighted by Gasteiger charge is -2.11. The van der Waals surface area contributed by atoms with Crippen LogP contribution < -0.4 is 10.1 Å². The molecule has 0 saturated heterocycles. The molecule has 8 heteroatoms. The first-order chi connectivity index (χ1) is 14.0. The van der Waals surface area contributed by atoms with Crippen molar-refractivity contribution in [2.24, 2.45) is 0 Å². The summed E-state index contributed by atoms with van der Waals surface area (Å²) in [5, 5.41) is 12.5. The molecule has 2 heterocycles. The fraction of sp³-hybridized carbons (Fsp3) is 0.0952. The molecule has 0 radical (unpaired) electrons. The van der Waals surface area contributed by atoms with Crippen molar-refractivity contribution in [3.8, 4) is 17.6 Å². The molecule has 4 aromatic rings. The number of alkyl halides is 2. The van der Waals surface area contributed by atoms with E-state index in [4.69, 9.17) is 0 Å². The van der Waals surface area contributed by atoms with Crippen molar-refractivity contribution in [3.05, 3.63) is 72.1 Å². The number of nitriles is 1. The van der Waals surface area contributed by atoms with Crippen LogP contribution in [0.3, 0.4) is 0 Å². The van der Waals surface area contributed by atoms with E-state index >= 15 is 0 Å². The molecule has 0 fully saturated rings. The van der Waals surface area contributed by atoms with Gasteiger partial charge < -0.3 is 10.1 Å². The largest absolute Gasteiger partial charge is 0.435 e. The Bertz CT molecular complexity index is 1210. The molecular formula is C21H15F2N5O. The van der Waals surface area contributed by atoms with Crippen LogP contribution in [0.15, 0.2) is 60.7 Å². The highest BCUT2D eigenvalue weighted by Crippen LogP contribution is 2.25. The fourth-order valence-corrected chi connectivity index (χ4v) is 3.06. The Labute approximate surface area is 165 Å². The molecule has 144 valence electrons. The zero-order valence-electron chi connectivity index (χ0n) is 15.3. The molecule has 1 N–H and O–H groups in total. The number of ether oxygens (including phenoxy) is 1. The highest BCUT2D eigenvalue weighted by Gasteiger charge is 2.12. The van der Waals surface area contributed by atoms with Gasteiger partial charge in [-0.25, -0.2) is 9.97 Å². The van der Waals surface area contributed by atoms with Gasteiger partial charge in [0.2, 0.25) is 0 Å². The molecule has 0 amide bonds. The quantitative estimate of drug-likeness (QED) is 0.521. The number of aromatic nitrogens is 3. The average Bonchev–Trinajstić information content (AvgIpc) is 3.04. The van der Waals surface area contributed by atoms with Crippen molar-refractivity contribution in [2.45, 2.75) is 13.5 Å². The van der Waals surface area contributed by atoms with Crippen molar-refractivity contribution in [2.75, 3.05) is 5.32 Å². The highest BCUT2D eigenvalue weighted by molar-refractivity contribution is 5.78. The van der Waals surface area contributed by atoms with Crippen molar-refractivity contribution >= 4 is 22.5 Å². The molecule has 0 aliphatic carbocycles. The summed E-state index contributed by atoms with van der Waals surface area (Å²) in [6, 6.07) is 19.1. The van der Waals surface area contributed by atoms with Crippen LogP contribution in [0.25, 0.3) is 16.9 Å². The number of anilines is 2. The van der Waals surface area contributed by atoms with E-state index in [0.717, 1.165) is 16.9 Å². The molecule has 0 saturated carbocycles. The second-order valence-corrected chi connectivity index (χ2v) is 6.22. The third-order valence-electron chi connectivity index (χ3n) is 4.25. The zero-order chi connectivity index (χ0) is 20.4. The standard InChI is InChI=1S/C21H15F2N5O/c1-13-25-17-4-2-3-5-18(17)28(13)20-11-14(12-24)10-19(27-20)26-15-6-8-16(9-7-15)29-21(22)23/h2-11,21H,1H3,(H,26,27). The third kappa shape index (κ3) is 3.84. The first-order valence-corrected chi connectivity index (χ1v) is 8.72. The molecular weight excluding hydrogens is 376 g/mol. The SMILES string of the molecule is Cc1nc2ccccc2n1-c1cc(C#N)cc(Nc2ccc(OC(F)F)cc2)n1. The maximum absolute atomic E-state index is 12.3. The lowest BCUT2D eigenvalue weighted by molar-refractivity contribution is -0.0498. The number of pyridine rings is 1. The Balaban J connectivity index is 1.71. The Morgan fingerprint density at radius 1 is 1.07 bits per heavy atom. The van der Waals surface area contributed by atoms with Crippen LogP contribution in [0.1, 0.15) is 11.4 Å². The Morgan fingerprint density at radius 2 is 1.83 bits per heavy atom. The van der Waals surface area contributed by atoms with E-state index in [9.17, 15) is 14.0 Å². The number of fused-ring (bicyclic) bond motifs is 1. The normalized spacial score (nSPS) is 10.9. The van der Waals surface area contributed by atoms with Crippen molar-refractivity contribution in [1.82, 2.24) is 14.5 Å². The van der Waals surface area contributed by atoms with Gasteiger partial charge in [-0.1, -0.05) is 12.1 Å². The molecule has 0 unspecified atom stereocenters.